The number of hydrogen-bond donors (Lipinski definition) is 1. The average molecular weight is 269 g/mol. The van der Waals surface area contributed by atoms with Crippen molar-refractivity contribution in [2.24, 2.45) is 0 Å². The van der Waals surface area contributed by atoms with Gasteiger partial charge in [-0.25, -0.2) is 4.98 Å². The molecule has 2 heterocycles. The summed E-state index contributed by atoms with van der Waals surface area (Å²) in [5, 5.41) is 0. The fraction of sp³-hybridized carbons (Fsp3) is 0. The van der Waals surface area contributed by atoms with Gasteiger partial charge >= 0.3 is 0 Å². The molecule has 0 aliphatic rings. The maximum Gasteiger partial charge on any atom is 0.292 e. The van der Waals surface area contributed by atoms with E-state index in [0.717, 1.165) is 16.6 Å². The van der Waals surface area contributed by atoms with Crippen molar-refractivity contribution in [2.75, 3.05) is 5.73 Å². The Hall–Kier alpha value is -2.40. The highest BCUT2D eigenvalue weighted by atomic mass is 32.1. The van der Waals surface area contributed by atoms with Crippen LogP contribution >= 0.6 is 11.3 Å². The lowest BCUT2D eigenvalue weighted by Crippen LogP contribution is -1.80. The van der Waals surface area contributed by atoms with Crippen LogP contribution in [0, 0.1) is 0 Å². The molecule has 2 aromatic heterocycles. The molecule has 0 aliphatic heterocycles. The molecule has 4 aromatic rings. The van der Waals surface area contributed by atoms with Crippen molar-refractivity contribution in [3.63, 3.8) is 0 Å². The molecular formula is C14H11N3OS. The Kier molecular flexibility index (Phi) is 3.12. The molecule has 0 bridgehead atoms. The fourth-order valence-electron chi connectivity index (χ4n) is 1.69. The zero-order valence-corrected chi connectivity index (χ0v) is 10.8. The Morgan fingerprint density at radius 3 is 2.47 bits per heavy atom. The summed E-state index contributed by atoms with van der Waals surface area (Å²) >= 11 is 1.68. The third-order valence-corrected chi connectivity index (χ3v) is 3.36. The van der Waals surface area contributed by atoms with E-state index < -0.39 is 0 Å². The number of oxazole rings is 1. The Morgan fingerprint density at radius 2 is 1.68 bits per heavy atom. The number of nitrogens with two attached hydrogens (primary N) is 1. The number of para-hydroxylation sites is 3. The predicted molar refractivity (Wildman–Crippen MR) is 78.0 cm³/mol. The van der Waals surface area contributed by atoms with Gasteiger partial charge in [0.2, 0.25) is 0 Å². The van der Waals surface area contributed by atoms with Crippen LogP contribution < -0.4 is 5.73 Å². The number of rotatable bonds is 0. The predicted octanol–water partition coefficient (Wildman–Crippen LogP) is 3.71. The first-order valence-corrected chi connectivity index (χ1v) is 6.60. The smallest absolute Gasteiger partial charge is 0.292 e. The third kappa shape index (κ3) is 2.56. The first-order valence-electron chi connectivity index (χ1n) is 5.72. The molecule has 19 heavy (non-hydrogen) atoms. The van der Waals surface area contributed by atoms with E-state index in [1.165, 1.54) is 4.70 Å². The van der Waals surface area contributed by atoms with E-state index in [1.54, 1.807) is 11.3 Å². The van der Waals surface area contributed by atoms with Crippen molar-refractivity contribution in [3.8, 4) is 0 Å². The molecule has 4 rings (SSSR count). The summed E-state index contributed by atoms with van der Waals surface area (Å²) in [6.07, 6.45) is 0. The van der Waals surface area contributed by atoms with E-state index in [4.69, 9.17) is 10.2 Å². The van der Waals surface area contributed by atoms with Crippen molar-refractivity contribution in [3.05, 3.63) is 54.0 Å². The number of anilines is 1. The highest BCUT2D eigenvalue weighted by Crippen LogP contribution is 2.15. The standard InChI is InChI=1S/C7H6N2O.C7H5NS/c8-7-9-5-3-1-2-4-6(5)10-7;1-2-4-7-6(3-1)8-5-9-7/h1-4H,(H2,8,9);1-5H. The van der Waals surface area contributed by atoms with Gasteiger partial charge in [0, 0.05) is 0 Å². The van der Waals surface area contributed by atoms with Gasteiger partial charge in [0.15, 0.2) is 5.58 Å². The van der Waals surface area contributed by atoms with Gasteiger partial charge in [-0.3, -0.25) is 0 Å². The zero-order chi connectivity index (χ0) is 13.1. The molecule has 0 saturated carbocycles. The average Bonchev–Trinajstić information content (AvgIpc) is 3.03. The summed E-state index contributed by atoms with van der Waals surface area (Å²) in [6.45, 7) is 0. The first kappa shape index (κ1) is 11.7. The van der Waals surface area contributed by atoms with Crippen LogP contribution in [0.25, 0.3) is 21.3 Å². The summed E-state index contributed by atoms with van der Waals surface area (Å²) in [5.74, 6) is 0. The van der Waals surface area contributed by atoms with E-state index in [-0.39, 0.29) is 6.01 Å². The van der Waals surface area contributed by atoms with Gasteiger partial charge in [0.1, 0.15) is 5.52 Å². The number of hydrogen-bond acceptors (Lipinski definition) is 5. The quantitative estimate of drug-likeness (QED) is 0.528. The van der Waals surface area contributed by atoms with E-state index in [1.807, 2.05) is 48.0 Å². The zero-order valence-electron chi connectivity index (χ0n) is 9.98. The normalized spacial score (nSPS) is 10.3. The fourth-order valence-corrected chi connectivity index (χ4v) is 2.37. The summed E-state index contributed by atoms with van der Waals surface area (Å²) in [4.78, 5) is 8.06. The summed E-state index contributed by atoms with van der Waals surface area (Å²) in [7, 11) is 0. The molecule has 0 atom stereocenters. The molecule has 0 saturated heterocycles. The number of thiazole rings is 1. The molecular weight excluding hydrogens is 258 g/mol. The van der Waals surface area contributed by atoms with Crippen LogP contribution in [-0.2, 0) is 0 Å². The van der Waals surface area contributed by atoms with E-state index in [0.29, 0.717) is 0 Å². The topological polar surface area (TPSA) is 64.9 Å². The van der Waals surface area contributed by atoms with Gasteiger partial charge < -0.3 is 10.2 Å². The van der Waals surface area contributed by atoms with Gasteiger partial charge in [0.25, 0.3) is 6.01 Å². The molecule has 0 radical (unpaired) electrons. The van der Waals surface area contributed by atoms with Crippen LogP contribution in [0.4, 0.5) is 6.01 Å². The lowest BCUT2D eigenvalue weighted by Gasteiger charge is -1.80. The molecule has 0 spiro atoms. The van der Waals surface area contributed by atoms with Gasteiger partial charge in [0.05, 0.1) is 15.7 Å². The van der Waals surface area contributed by atoms with Crippen molar-refractivity contribution in [1.82, 2.24) is 9.97 Å². The maximum absolute atomic E-state index is 5.31. The molecule has 94 valence electrons. The van der Waals surface area contributed by atoms with Gasteiger partial charge in [-0.15, -0.1) is 11.3 Å². The van der Waals surface area contributed by atoms with Crippen LogP contribution in [0.15, 0.2) is 58.5 Å². The van der Waals surface area contributed by atoms with Crippen LogP contribution in [0.2, 0.25) is 0 Å². The van der Waals surface area contributed by atoms with Crippen molar-refractivity contribution in [1.29, 1.82) is 0 Å². The number of fused-ring (bicyclic) bond motifs is 2. The molecule has 0 unspecified atom stereocenters. The molecule has 2 aromatic carbocycles. The SMILES string of the molecule is Nc1nc2ccccc2o1.c1ccc2scnc2c1. The molecule has 0 fully saturated rings. The molecule has 0 aliphatic carbocycles. The van der Waals surface area contributed by atoms with E-state index >= 15 is 0 Å². The second-order valence-electron chi connectivity index (χ2n) is 3.84. The molecule has 5 heteroatoms. The van der Waals surface area contributed by atoms with Gasteiger partial charge in [-0.1, -0.05) is 24.3 Å². The van der Waals surface area contributed by atoms with Crippen LogP contribution in [0.1, 0.15) is 0 Å². The van der Waals surface area contributed by atoms with Gasteiger partial charge in [-0.2, -0.15) is 4.98 Å². The monoisotopic (exact) mass is 269 g/mol. The molecule has 0 amide bonds. The summed E-state index contributed by atoms with van der Waals surface area (Å²) < 4.78 is 6.30. The lowest BCUT2D eigenvalue weighted by molar-refractivity contribution is 0.626. The maximum atomic E-state index is 5.31. The van der Waals surface area contributed by atoms with Crippen LogP contribution in [-0.4, -0.2) is 9.97 Å². The lowest BCUT2D eigenvalue weighted by atomic mass is 10.3. The Balaban J connectivity index is 0.000000117. The minimum Gasteiger partial charge on any atom is -0.424 e. The second kappa shape index (κ2) is 5.07. The third-order valence-electron chi connectivity index (χ3n) is 2.55. The van der Waals surface area contributed by atoms with Crippen molar-refractivity contribution < 1.29 is 4.42 Å². The largest absolute Gasteiger partial charge is 0.424 e. The minimum absolute atomic E-state index is 0.223. The highest BCUT2D eigenvalue weighted by molar-refractivity contribution is 7.16. The number of nitrogen functional groups attached to an aromatic ring is 1. The number of benzene rings is 2. The Bertz CT molecular complexity index is 743. The Labute approximate surface area is 113 Å². The van der Waals surface area contributed by atoms with Crippen LogP contribution in [0.3, 0.4) is 0 Å². The van der Waals surface area contributed by atoms with Gasteiger partial charge in [-0.05, 0) is 24.3 Å². The first-order chi connectivity index (χ1) is 9.33. The summed E-state index contributed by atoms with van der Waals surface area (Å²) in [5.41, 5.74) is 9.82. The minimum atomic E-state index is 0.223. The van der Waals surface area contributed by atoms with Crippen molar-refractivity contribution >= 4 is 38.7 Å². The highest BCUT2D eigenvalue weighted by Gasteiger charge is 1.97. The Morgan fingerprint density at radius 1 is 0.947 bits per heavy atom. The van der Waals surface area contributed by atoms with E-state index in [9.17, 15) is 0 Å². The number of nitrogens with zero attached hydrogens (tertiary/aromatic N) is 2. The second-order valence-corrected chi connectivity index (χ2v) is 4.73. The molecule has 2 N–H and O–H groups in total. The number of aromatic nitrogens is 2. The van der Waals surface area contributed by atoms with Crippen molar-refractivity contribution in [2.45, 2.75) is 0 Å². The van der Waals surface area contributed by atoms with E-state index in [2.05, 4.69) is 16.0 Å². The van der Waals surface area contributed by atoms with Crippen LogP contribution in [0.5, 0.6) is 0 Å². The molecule has 4 nitrogen and oxygen atoms in total. The summed E-state index contributed by atoms with van der Waals surface area (Å²) in [6, 6.07) is 15.8.